The molecule has 0 unspecified atom stereocenters. The first-order valence-electron chi connectivity index (χ1n) is 10.0. The van der Waals surface area contributed by atoms with Gasteiger partial charge in [0, 0.05) is 11.1 Å². The fourth-order valence-corrected chi connectivity index (χ4v) is 4.71. The molecule has 0 amide bonds. The molecule has 2 aromatic carbocycles. The van der Waals surface area contributed by atoms with E-state index in [4.69, 9.17) is 9.15 Å². The zero-order chi connectivity index (χ0) is 21.9. The highest BCUT2D eigenvalue weighted by Gasteiger charge is 2.22. The van der Waals surface area contributed by atoms with Crippen LogP contribution in [0.25, 0.3) is 11.0 Å². The lowest BCUT2D eigenvalue weighted by Crippen LogP contribution is -2.14. The predicted octanol–water partition coefficient (Wildman–Crippen LogP) is 5.51. The van der Waals surface area contributed by atoms with Gasteiger partial charge in [-0.25, -0.2) is 13.2 Å². The second-order valence-electron chi connectivity index (χ2n) is 7.46. The van der Waals surface area contributed by atoms with Crippen LogP contribution in [0.2, 0.25) is 0 Å². The number of aryl methyl sites for hydroxylation is 3. The number of furan rings is 1. The van der Waals surface area contributed by atoms with Crippen molar-refractivity contribution in [3.63, 3.8) is 0 Å². The summed E-state index contributed by atoms with van der Waals surface area (Å²) in [7, 11) is -3.78. The number of hydrogen-bond donors (Lipinski definition) is 1. The van der Waals surface area contributed by atoms with Crippen LogP contribution in [-0.4, -0.2) is 21.0 Å². The summed E-state index contributed by atoms with van der Waals surface area (Å²) in [5.74, 6) is -0.0167. The summed E-state index contributed by atoms with van der Waals surface area (Å²) in [6.07, 6.45) is 2.83. The molecule has 0 aliphatic rings. The molecule has 30 heavy (non-hydrogen) atoms. The van der Waals surface area contributed by atoms with E-state index in [0.29, 0.717) is 40.2 Å². The molecule has 0 aliphatic carbocycles. The molecule has 160 valence electrons. The first-order valence-corrected chi connectivity index (χ1v) is 11.5. The Kier molecular flexibility index (Phi) is 6.51. The molecule has 7 heteroatoms. The molecule has 0 aliphatic heterocycles. The summed E-state index contributed by atoms with van der Waals surface area (Å²) < 4.78 is 39.5. The van der Waals surface area contributed by atoms with E-state index in [1.54, 1.807) is 44.2 Å². The maximum Gasteiger partial charge on any atom is 0.342 e. The van der Waals surface area contributed by atoms with Crippen molar-refractivity contribution in [2.24, 2.45) is 0 Å². The Balaban J connectivity index is 1.91. The van der Waals surface area contributed by atoms with Gasteiger partial charge in [-0.15, -0.1) is 0 Å². The normalized spacial score (nSPS) is 11.6. The number of hydrogen-bond acceptors (Lipinski definition) is 5. The SMILES string of the molecule is CCCCCOC(=O)c1c(C)oc2ccc(NS(=O)(=O)c3cc(C)ccc3C)cc12. The second-order valence-corrected chi connectivity index (χ2v) is 9.11. The van der Waals surface area contributed by atoms with Gasteiger partial charge in [0.05, 0.1) is 11.5 Å². The molecule has 0 radical (unpaired) electrons. The van der Waals surface area contributed by atoms with Crippen molar-refractivity contribution in [1.29, 1.82) is 0 Å². The zero-order valence-electron chi connectivity index (χ0n) is 17.7. The van der Waals surface area contributed by atoms with Gasteiger partial charge in [-0.2, -0.15) is 0 Å². The van der Waals surface area contributed by atoms with E-state index in [0.717, 1.165) is 24.8 Å². The van der Waals surface area contributed by atoms with Gasteiger partial charge in [0.25, 0.3) is 10.0 Å². The summed E-state index contributed by atoms with van der Waals surface area (Å²) >= 11 is 0. The van der Waals surface area contributed by atoms with E-state index in [2.05, 4.69) is 11.6 Å². The summed E-state index contributed by atoms with van der Waals surface area (Å²) in [5.41, 5.74) is 2.70. The van der Waals surface area contributed by atoms with E-state index in [1.807, 2.05) is 13.0 Å². The topological polar surface area (TPSA) is 85.6 Å². The van der Waals surface area contributed by atoms with Crippen LogP contribution < -0.4 is 4.72 Å². The number of nitrogens with one attached hydrogen (secondary N) is 1. The van der Waals surface area contributed by atoms with Crippen molar-refractivity contribution in [2.75, 3.05) is 11.3 Å². The number of carbonyl (C=O) groups is 1. The molecular formula is C23H27NO5S. The summed E-state index contributed by atoms with van der Waals surface area (Å²) in [6.45, 7) is 7.72. The van der Waals surface area contributed by atoms with Crippen LogP contribution in [0.5, 0.6) is 0 Å². The van der Waals surface area contributed by atoms with E-state index < -0.39 is 16.0 Å². The average molecular weight is 430 g/mol. The number of anilines is 1. The maximum absolute atomic E-state index is 12.9. The summed E-state index contributed by atoms with van der Waals surface area (Å²) in [6, 6.07) is 10.2. The molecule has 3 aromatic rings. The van der Waals surface area contributed by atoms with Crippen molar-refractivity contribution in [1.82, 2.24) is 0 Å². The van der Waals surface area contributed by atoms with Crippen LogP contribution in [-0.2, 0) is 14.8 Å². The fraction of sp³-hybridized carbons (Fsp3) is 0.348. The van der Waals surface area contributed by atoms with Crippen LogP contribution in [0.1, 0.15) is 53.4 Å². The monoisotopic (exact) mass is 429 g/mol. The van der Waals surface area contributed by atoms with Crippen molar-refractivity contribution in [2.45, 2.75) is 51.9 Å². The van der Waals surface area contributed by atoms with Crippen molar-refractivity contribution in [3.05, 3.63) is 58.8 Å². The third-order valence-electron chi connectivity index (χ3n) is 4.93. The van der Waals surface area contributed by atoms with Crippen LogP contribution in [0, 0.1) is 20.8 Å². The third kappa shape index (κ3) is 4.67. The van der Waals surface area contributed by atoms with Gasteiger partial charge in [-0.3, -0.25) is 4.72 Å². The average Bonchev–Trinajstić information content (AvgIpc) is 3.01. The van der Waals surface area contributed by atoms with Gasteiger partial charge in [0.1, 0.15) is 16.9 Å². The molecule has 0 atom stereocenters. The number of benzene rings is 2. The molecule has 1 aromatic heterocycles. The first-order chi connectivity index (χ1) is 14.2. The van der Waals surface area contributed by atoms with Crippen LogP contribution in [0.3, 0.4) is 0 Å². The smallest absolute Gasteiger partial charge is 0.342 e. The Labute approximate surface area is 177 Å². The lowest BCUT2D eigenvalue weighted by atomic mass is 10.1. The van der Waals surface area contributed by atoms with Gasteiger partial charge in [-0.1, -0.05) is 31.9 Å². The van der Waals surface area contributed by atoms with Gasteiger partial charge in [-0.05, 0) is 62.6 Å². The lowest BCUT2D eigenvalue weighted by Gasteiger charge is -2.11. The molecule has 0 saturated carbocycles. The maximum atomic E-state index is 12.9. The van der Waals surface area contributed by atoms with E-state index >= 15 is 0 Å². The number of carbonyl (C=O) groups excluding carboxylic acids is 1. The zero-order valence-corrected chi connectivity index (χ0v) is 18.6. The predicted molar refractivity (Wildman–Crippen MR) is 117 cm³/mol. The number of sulfonamides is 1. The number of fused-ring (bicyclic) bond motifs is 1. The Morgan fingerprint density at radius 1 is 1.07 bits per heavy atom. The summed E-state index contributed by atoms with van der Waals surface area (Å²) in [5, 5.41) is 0.522. The Morgan fingerprint density at radius 2 is 1.83 bits per heavy atom. The minimum atomic E-state index is -3.78. The molecule has 0 fully saturated rings. The number of ether oxygens (including phenoxy) is 1. The van der Waals surface area contributed by atoms with Crippen LogP contribution in [0.4, 0.5) is 5.69 Å². The Morgan fingerprint density at radius 3 is 2.57 bits per heavy atom. The highest BCUT2D eigenvalue weighted by molar-refractivity contribution is 7.92. The highest BCUT2D eigenvalue weighted by Crippen LogP contribution is 2.30. The number of rotatable bonds is 8. The van der Waals surface area contributed by atoms with Crippen LogP contribution >= 0.6 is 0 Å². The Bertz CT molecular complexity index is 1180. The standard InChI is InChI=1S/C23H27NO5S/c1-5-6-7-12-28-23(25)22-17(4)29-20-11-10-18(14-19(20)22)24-30(26,27)21-13-15(2)8-9-16(21)3/h8-11,13-14,24H,5-7,12H2,1-4H3. The molecule has 0 spiro atoms. The van der Waals surface area contributed by atoms with Crippen molar-refractivity contribution < 1.29 is 22.4 Å². The highest BCUT2D eigenvalue weighted by atomic mass is 32.2. The van der Waals surface area contributed by atoms with Crippen molar-refractivity contribution in [3.8, 4) is 0 Å². The van der Waals surface area contributed by atoms with E-state index in [-0.39, 0.29) is 4.90 Å². The molecule has 0 saturated heterocycles. The van der Waals surface area contributed by atoms with E-state index in [9.17, 15) is 13.2 Å². The first kappa shape index (κ1) is 21.9. The molecule has 1 N–H and O–H groups in total. The quantitative estimate of drug-likeness (QED) is 0.377. The third-order valence-corrected chi connectivity index (χ3v) is 6.46. The van der Waals surface area contributed by atoms with Crippen molar-refractivity contribution >= 4 is 32.6 Å². The molecule has 1 heterocycles. The van der Waals surface area contributed by atoms with Crippen LogP contribution in [0.15, 0.2) is 45.7 Å². The summed E-state index contributed by atoms with van der Waals surface area (Å²) in [4.78, 5) is 12.8. The van der Waals surface area contributed by atoms with Gasteiger partial charge in [0.2, 0.25) is 0 Å². The molecule has 0 bridgehead atoms. The van der Waals surface area contributed by atoms with Gasteiger partial charge in [0.15, 0.2) is 0 Å². The largest absolute Gasteiger partial charge is 0.462 e. The molecular weight excluding hydrogens is 402 g/mol. The van der Waals surface area contributed by atoms with Gasteiger partial charge < -0.3 is 9.15 Å². The molecule has 6 nitrogen and oxygen atoms in total. The minimum Gasteiger partial charge on any atom is -0.462 e. The minimum absolute atomic E-state index is 0.224. The Hall–Kier alpha value is -2.80. The fourth-order valence-electron chi connectivity index (χ4n) is 3.33. The number of unbranched alkanes of at least 4 members (excludes halogenated alkanes) is 2. The lowest BCUT2D eigenvalue weighted by molar-refractivity contribution is 0.0498. The second kappa shape index (κ2) is 8.92. The molecule has 3 rings (SSSR count). The van der Waals surface area contributed by atoms with Gasteiger partial charge >= 0.3 is 5.97 Å². The number of esters is 1. The van der Waals surface area contributed by atoms with E-state index in [1.165, 1.54) is 0 Å².